The SMILES string of the molecule is O=C(CCCOc1ccc(F)cc1F)N1C2CCNCC1CC2. The first-order valence-electron chi connectivity index (χ1n) is 8.25. The van der Waals surface area contributed by atoms with Crippen LogP contribution >= 0.6 is 0 Å². The van der Waals surface area contributed by atoms with Crippen LogP contribution in [-0.2, 0) is 4.79 Å². The van der Waals surface area contributed by atoms with Gasteiger partial charge < -0.3 is 15.0 Å². The number of nitrogens with zero attached hydrogens (tertiary/aromatic N) is 1. The summed E-state index contributed by atoms with van der Waals surface area (Å²) in [5.74, 6) is -1.16. The van der Waals surface area contributed by atoms with Crippen LogP contribution < -0.4 is 10.1 Å². The summed E-state index contributed by atoms with van der Waals surface area (Å²) < 4.78 is 31.5. The molecule has 4 nitrogen and oxygen atoms in total. The van der Waals surface area contributed by atoms with Gasteiger partial charge in [-0.1, -0.05) is 0 Å². The largest absolute Gasteiger partial charge is 0.491 e. The summed E-state index contributed by atoms with van der Waals surface area (Å²) in [4.78, 5) is 14.5. The van der Waals surface area contributed by atoms with Gasteiger partial charge in [-0.25, -0.2) is 8.78 Å². The number of carbonyl (C=O) groups excluding carboxylic acids is 1. The van der Waals surface area contributed by atoms with E-state index in [9.17, 15) is 13.6 Å². The van der Waals surface area contributed by atoms with Crippen molar-refractivity contribution in [1.29, 1.82) is 0 Å². The molecule has 1 aromatic rings. The molecule has 2 atom stereocenters. The molecule has 0 radical (unpaired) electrons. The second-order valence-corrected chi connectivity index (χ2v) is 6.21. The third-order valence-corrected chi connectivity index (χ3v) is 4.63. The second-order valence-electron chi connectivity index (χ2n) is 6.21. The fourth-order valence-corrected chi connectivity index (χ4v) is 3.52. The maximum Gasteiger partial charge on any atom is 0.223 e. The predicted octanol–water partition coefficient (Wildman–Crippen LogP) is 2.48. The highest BCUT2D eigenvalue weighted by Crippen LogP contribution is 2.28. The molecule has 2 unspecified atom stereocenters. The van der Waals surface area contributed by atoms with Crippen molar-refractivity contribution in [2.24, 2.45) is 0 Å². The van der Waals surface area contributed by atoms with Crippen molar-refractivity contribution in [2.45, 2.75) is 44.2 Å². The van der Waals surface area contributed by atoms with Crippen LogP contribution in [0.4, 0.5) is 8.78 Å². The van der Waals surface area contributed by atoms with Crippen LogP contribution in [0.1, 0.15) is 32.1 Å². The van der Waals surface area contributed by atoms with Gasteiger partial charge in [0.25, 0.3) is 0 Å². The number of carbonyl (C=O) groups is 1. The Labute approximate surface area is 134 Å². The Morgan fingerprint density at radius 3 is 2.91 bits per heavy atom. The van der Waals surface area contributed by atoms with Crippen molar-refractivity contribution < 1.29 is 18.3 Å². The standard InChI is InChI=1S/C17H22F2N2O2/c18-12-3-6-16(15(19)10-12)23-9-1-2-17(22)21-13-4-5-14(21)11-20-8-7-13/h3,6,10,13-14,20H,1-2,4-5,7-9,11H2. The number of amides is 1. The van der Waals surface area contributed by atoms with Gasteiger partial charge in [0.15, 0.2) is 11.6 Å². The topological polar surface area (TPSA) is 41.6 Å². The van der Waals surface area contributed by atoms with Gasteiger partial charge in [0.1, 0.15) is 5.82 Å². The van der Waals surface area contributed by atoms with Crippen LogP contribution in [-0.4, -0.2) is 42.6 Å². The minimum Gasteiger partial charge on any atom is -0.491 e. The van der Waals surface area contributed by atoms with Crippen LogP contribution in [0.15, 0.2) is 18.2 Å². The van der Waals surface area contributed by atoms with E-state index < -0.39 is 11.6 Å². The molecule has 6 heteroatoms. The third-order valence-electron chi connectivity index (χ3n) is 4.63. The van der Waals surface area contributed by atoms with Gasteiger partial charge >= 0.3 is 0 Å². The summed E-state index contributed by atoms with van der Waals surface area (Å²) in [6.45, 7) is 2.09. The summed E-state index contributed by atoms with van der Waals surface area (Å²) in [6.07, 6.45) is 4.10. The fourth-order valence-electron chi connectivity index (χ4n) is 3.52. The molecule has 2 fully saturated rings. The Morgan fingerprint density at radius 1 is 1.26 bits per heavy atom. The number of rotatable bonds is 5. The molecule has 2 aliphatic heterocycles. The first kappa shape index (κ1) is 16.2. The van der Waals surface area contributed by atoms with E-state index in [4.69, 9.17) is 4.74 Å². The number of hydrogen-bond donors (Lipinski definition) is 1. The zero-order valence-electron chi connectivity index (χ0n) is 13.1. The number of nitrogens with one attached hydrogen (secondary N) is 1. The smallest absolute Gasteiger partial charge is 0.223 e. The number of halogens is 2. The quantitative estimate of drug-likeness (QED) is 0.846. The molecular formula is C17H22F2N2O2. The van der Waals surface area contributed by atoms with Crippen LogP contribution in [0.2, 0.25) is 0 Å². The Balaban J connectivity index is 1.46. The normalized spacial score (nSPS) is 23.7. The molecule has 2 bridgehead atoms. The van der Waals surface area contributed by atoms with E-state index >= 15 is 0 Å². The maximum absolute atomic E-state index is 13.4. The van der Waals surface area contributed by atoms with Crippen LogP contribution in [0.25, 0.3) is 0 Å². The van der Waals surface area contributed by atoms with E-state index in [0.29, 0.717) is 24.9 Å². The lowest BCUT2D eigenvalue weighted by Gasteiger charge is -2.28. The lowest BCUT2D eigenvalue weighted by atomic mass is 10.1. The van der Waals surface area contributed by atoms with Crippen molar-refractivity contribution in [3.63, 3.8) is 0 Å². The molecule has 1 aromatic carbocycles. The molecule has 0 aromatic heterocycles. The Kier molecular flexibility index (Phi) is 5.10. The Bertz CT molecular complexity index is 554. The molecule has 23 heavy (non-hydrogen) atoms. The second kappa shape index (κ2) is 7.25. The summed E-state index contributed by atoms with van der Waals surface area (Å²) in [5.41, 5.74) is 0. The molecule has 2 aliphatic rings. The zero-order chi connectivity index (χ0) is 16.2. The lowest BCUT2D eigenvalue weighted by Crippen LogP contribution is -2.42. The van der Waals surface area contributed by atoms with Crippen LogP contribution in [0, 0.1) is 11.6 Å². The highest BCUT2D eigenvalue weighted by Gasteiger charge is 2.37. The molecule has 2 saturated heterocycles. The van der Waals surface area contributed by atoms with Crippen molar-refractivity contribution in [3.8, 4) is 5.75 Å². The summed E-state index contributed by atoms with van der Waals surface area (Å²) in [7, 11) is 0. The van der Waals surface area contributed by atoms with E-state index in [-0.39, 0.29) is 18.3 Å². The van der Waals surface area contributed by atoms with Crippen molar-refractivity contribution in [2.75, 3.05) is 19.7 Å². The van der Waals surface area contributed by atoms with E-state index in [2.05, 4.69) is 5.32 Å². The van der Waals surface area contributed by atoms with Crippen molar-refractivity contribution in [3.05, 3.63) is 29.8 Å². The predicted molar refractivity (Wildman–Crippen MR) is 82.2 cm³/mol. The van der Waals surface area contributed by atoms with Gasteiger partial charge in [-0.2, -0.15) is 0 Å². The van der Waals surface area contributed by atoms with E-state index in [1.54, 1.807) is 0 Å². The summed E-state index contributed by atoms with van der Waals surface area (Å²) in [5, 5.41) is 3.37. The first-order chi connectivity index (χ1) is 11.1. The molecule has 1 N–H and O–H groups in total. The van der Waals surface area contributed by atoms with Gasteiger partial charge in [-0.05, 0) is 44.4 Å². The molecule has 1 amide bonds. The molecule has 0 saturated carbocycles. The molecular weight excluding hydrogens is 302 g/mol. The van der Waals surface area contributed by atoms with Crippen LogP contribution in [0.3, 0.4) is 0 Å². The number of fused-ring (bicyclic) bond motifs is 2. The van der Waals surface area contributed by atoms with E-state index in [0.717, 1.165) is 44.5 Å². The summed E-state index contributed by atoms with van der Waals surface area (Å²) >= 11 is 0. The molecule has 126 valence electrons. The Morgan fingerprint density at radius 2 is 2.09 bits per heavy atom. The van der Waals surface area contributed by atoms with E-state index in [1.165, 1.54) is 6.07 Å². The number of ether oxygens (including phenoxy) is 1. The highest BCUT2D eigenvalue weighted by molar-refractivity contribution is 5.77. The maximum atomic E-state index is 13.4. The molecule has 3 rings (SSSR count). The monoisotopic (exact) mass is 324 g/mol. The fraction of sp³-hybridized carbons (Fsp3) is 0.588. The van der Waals surface area contributed by atoms with Crippen molar-refractivity contribution >= 4 is 5.91 Å². The van der Waals surface area contributed by atoms with Gasteiger partial charge in [-0.3, -0.25) is 4.79 Å². The van der Waals surface area contributed by atoms with Gasteiger partial charge in [0.2, 0.25) is 5.91 Å². The van der Waals surface area contributed by atoms with Crippen molar-refractivity contribution in [1.82, 2.24) is 10.2 Å². The summed E-state index contributed by atoms with van der Waals surface area (Å²) in [6, 6.07) is 3.89. The van der Waals surface area contributed by atoms with Gasteiger partial charge in [0, 0.05) is 31.1 Å². The number of hydrogen-bond acceptors (Lipinski definition) is 3. The number of benzene rings is 1. The first-order valence-corrected chi connectivity index (χ1v) is 8.25. The minimum absolute atomic E-state index is 0.0258. The molecule has 0 aliphatic carbocycles. The average molecular weight is 324 g/mol. The van der Waals surface area contributed by atoms with E-state index in [1.807, 2.05) is 4.90 Å². The molecule has 2 heterocycles. The van der Waals surface area contributed by atoms with Crippen LogP contribution in [0.5, 0.6) is 5.75 Å². The molecule has 0 spiro atoms. The van der Waals surface area contributed by atoms with Gasteiger partial charge in [0.05, 0.1) is 6.61 Å². The third kappa shape index (κ3) is 3.80. The Hall–Kier alpha value is -1.69. The average Bonchev–Trinajstić information content (AvgIpc) is 2.78. The highest BCUT2D eigenvalue weighted by atomic mass is 19.1. The minimum atomic E-state index is -0.715. The van der Waals surface area contributed by atoms with Gasteiger partial charge in [-0.15, -0.1) is 0 Å². The zero-order valence-corrected chi connectivity index (χ0v) is 13.1. The lowest BCUT2D eigenvalue weighted by molar-refractivity contribution is -0.134.